The van der Waals surface area contributed by atoms with E-state index in [1.807, 2.05) is 47.4 Å². The molecule has 0 spiro atoms. The van der Waals surface area contributed by atoms with Crippen LogP contribution in [-0.2, 0) is 13.5 Å². The summed E-state index contributed by atoms with van der Waals surface area (Å²) in [6.45, 7) is 0.848. The summed E-state index contributed by atoms with van der Waals surface area (Å²) in [5.41, 5.74) is 1.13. The van der Waals surface area contributed by atoms with Gasteiger partial charge in [0.25, 0.3) is 0 Å². The molecule has 1 aromatic carbocycles. The molecule has 4 nitrogen and oxygen atoms in total. The number of nitrogens with one attached hydrogen (secondary N) is 1. The highest BCUT2D eigenvalue weighted by Gasteiger charge is 2.09. The molecule has 3 aromatic rings. The van der Waals surface area contributed by atoms with Crippen molar-refractivity contribution in [2.45, 2.75) is 6.42 Å². The smallest absolute Gasteiger partial charge is 0.191 e. The van der Waals surface area contributed by atoms with Crippen molar-refractivity contribution < 1.29 is 0 Å². The Morgan fingerprint density at radius 3 is 2.75 bits per heavy atom. The van der Waals surface area contributed by atoms with Gasteiger partial charge in [-0.3, -0.25) is 4.68 Å². The Labute approximate surface area is 122 Å². The second-order valence-electron chi connectivity index (χ2n) is 4.50. The van der Waals surface area contributed by atoms with Gasteiger partial charge >= 0.3 is 0 Å². The predicted molar refractivity (Wildman–Crippen MR) is 83.0 cm³/mol. The molecular formula is C15H16N4S. The molecule has 0 aliphatic rings. The Morgan fingerprint density at radius 1 is 1.15 bits per heavy atom. The molecule has 0 fully saturated rings. The van der Waals surface area contributed by atoms with E-state index in [4.69, 9.17) is 0 Å². The summed E-state index contributed by atoms with van der Waals surface area (Å²) >= 11 is 1.66. The Morgan fingerprint density at radius 2 is 2.00 bits per heavy atom. The van der Waals surface area contributed by atoms with Gasteiger partial charge < -0.3 is 5.32 Å². The Kier molecular flexibility index (Phi) is 3.78. The first kappa shape index (κ1) is 12.9. The second kappa shape index (κ2) is 5.88. The maximum Gasteiger partial charge on any atom is 0.191 e. The summed E-state index contributed by atoms with van der Waals surface area (Å²) in [7, 11) is 1.95. The van der Waals surface area contributed by atoms with Crippen molar-refractivity contribution >= 4 is 17.0 Å². The van der Waals surface area contributed by atoms with Crippen LogP contribution >= 0.6 is 11.3 Å². The molecule has 102 valence electrons. The molecular weight excluding hydrogens is 268 g/mol. The normalized spacial score (nSPS) is 10.7. The minimum atomic E-state index is 0.817. The third kappa shape index (κ3) is 2.88. The molecule has 0 amide bonds. The second-order valence-corrected chi connectivity index (χ2v) is 5.44. The van der Waals surface area contributed by atoms with Crippen LogP contribution in [0, 0.1) is 0 Å². The number of benzene rings is 1. The summed E-state index contributed by atoms with van der Waals surface area (Å²) in [5, 5.41) is 9.90. The van der Waals surface area contributed by atoms with Gasteiger partial charge in [-0.15, -0.1) is 11.3 Å². The fourth-order valence-corrected chi connectivity index (χ4v) is 2.67. The van der Waals surface area contributed by atoms with Gasteiger partial charge in [0.1, 0.15) is 5.82 Å². The maximum atomic E-state index is 4.61. The van der Waals surface area contributed by atoms with E-state index in [1.54, 1.807) is 11.3 Å². The molecule has 3 rings (SSSR count). The van der Waals surface area contributed by atoms with Gasteiger partial charge in [-0.2, -0.15) is 5.10 Å². The molecule has 0 aliphatic carbocycles. The first-order valence-electron chi connectivity index (χ1n) is 6.55. The molecule has 0 radical (unpaired) electrons. The quantitative estimate of drug-likeness (QED) is 0.782. The average molecular weight is 284 g/mol. The van der Waals surface area contributed by atoms with E-state index in [0.717, 1.165) is 35.2 Å². The van der Waals surface area contributed by atoms with Crippen molar-refractivity contribution in [1.82, 2.24) is 14.8 Å². The predicted octanol–water partition coefficient (Wildman–Crippen LogP) is 3.20. The number of anilines is 1. The van der Waals surface area contributed by atoms with Crippen LogP contribution < -0.4 is 5.32 Å². The lowest BCUT2D eigenvalue weighted by molar-refractivity contribution is 0.702. The van der Waals surface area contributed by atoms with E-state index in [-0.39, 0.29) is 0 Å². The minimum absolute atomic E-state index is 0.817. The lowest BCUT2D eigenvalue weighted by Gasteiger charge is -2.05. The number of aryl methyl sites for hydroxylation is 1. The lowest BCUT2D eigenvalue weighted by Crippen LogP contribution is -2.09. The Balaban J connectivity index is 1.63. The fraction of sp³-hybridized carbons (Fsp3) is 0.200. The maximum absolute atomic E-state index is 4.61. The first-order valence-corrected chi connectivity index (χ1v) is 7.43. The van der Waals surface area contributed by atoms with Crippen LogP contribution in [0.25, 0.3) is 10.7 Å². The lowest BCUT2D eigenvalue weighted by atomic mass is 10.3. The molecule has 5 heteroatoms. The van der Waals surface area contributed by atoms with Crippen molar-refractivity contribution in [3.63, 3.8) is 0 Å². The topological polar surface area (TPSA) is 42.7 Å². The summed E-state index contributed by atoms with van der Waals surface area (Å²) < 4.78 is 1.86. The van der Waals surface area contributed by atoms with Gasteiger partial charge in [0.05, 0.1) is 4.88 Å². The number of hydrogen-bond acceptors (Lipinski definition) is 4. The van der Waals surface area contributed by atoms with Crippen LogP contribution in [-0.4, -0.2) is 21.3 Å². The summed E-state index contributed by atoms with van der Waals surface area (Å²) in [5.74, 6) is 1.81. The average Bonchev–Trinajstić information content (AvgIpc) is 3.10. The summed E-state index contributed by atoms with van der Waals surface area (Å²) in [6, 6.07) is 14.3. The van der Waals surface area contributed by atoms with Crippen LogP contribution in [0.3, 0.4) is 0 Å². The van der Waals surface area contributed by atoms with E-state index < -0.39 is 0 Å². The Hall–Kier alpha value is -2.14. The molecule has 0 bridgehead atoms. The van der Waals surface area contributed by atoms with Crippen molar-refractivity contribution in [3.8, 4) is 10.7 Å². The van der Waals surface area contributed by atoms with E-state index in [9.17, 15) is 0 Å². The standard InChI is InChI=1S/C15H16N4S/c1-19-14(9-10-16-12-6-3-2-4-7-12)17-15(18-19)13-8-5-11-20-13/h2-8,11,16H,9-10H2,1H3. The molecule has 0 saturated carbocycles. The van der Waals surface area contributed by atoms with Crippen LogP contribution in [0.1, 0.15) is 5.82 Å². The number of aromatic nitrogens is 3. The van der Waals surface area contributed by atoms with E-state index >= 15 is 0 Å². The minimum Gasteiger partial charge on any atom is -0.385 e. The number of rotatable bonds is 5. The molecule has 0 aliphatic heterocycles. The van der Waals surface area contributed by atoms with Crippen LogP contribution in [0.5, 0.6) is 0 Å². The SMILES string of the molecule is Cn1nc(-c2cccs2)nc1CCNc1ccccc1. The van der Waals surface area contributed by atoms with Crippen molar-refractivity contribution in [1.29, 1.82) is 0 Å². The molecule has 0 saturated heterocycles. The van der Waals surface area contributed by atoms with Crippen molar-refractivity contribution in [2.24, 2.45) is 7.05 Å². The summed E-state index contributed by atoms with van der Waals surface area (Å²) in [6.07, 6.45) is 0.851. The van der Waals surface area contributed by atoms with Crippen LogP contribution in [0.4, 0.5) is 5.69 Å². The number of para-hydroxylation sites is 1. The van der Waals surface area contributed by atoms with Gasteiger partial charge in [0, 0.05) is 25.7 Å². The Bertz CT molecular complexity index is 659. The van der Waals surface area contributed by atoms with Gasteiger partial charge in [0.2, 0.25) is 0 Å². The molecule has 1 N–H and O–H groups in total. The van der Waals surface area contributed by atoms with Crippen molar-refractivity contribution in [3.05, 3.63) is 53.7 Å². The van der Waals surface area contributed by atoms with E-state index in [0.29, 0.717) is 0 Å². The molecule has 2 heterocycles. The number of thiophene rings is 1. The van der Waals surface area contributed by atoms with Gasteiger partial charge in [-0.25, -0.2) is 4.98 Å². The van der Waals surface area contributed by atoms with Gasteiger partial charge in [-0.05, 0) is 23.6 Å². The van der Waals surface area contributed by atoms with Crippen LogP contribution in [0.15, 0.2) is 47.8 Å². The highest BCUT2D eigenvalue weighted by Crippen LogP contribution is 2.21. The van der Waals surface area contributed by atoms with E-state index in [2.05, 4.69) is 27.5 Å². The highest BCUT2D eigenvalue weighted by molar-refractivity contribution is 7.13. The number of nitrogens with zero attached hydrogens (tertiary/aromatic N) is 3. The summed E-state index contributed by atoms with van der Waals surface area (Å²) in [4.78, 5) is 5.72. The van der Waals surface area contributed by atoms with Crippen LogP contribution in [0.2, 0.25) is 0 Å². The number of hydrogen-bond donors (Lipinski definition) is 1. The molecule has 0 atom stereocenters. The third-order valence-electron chi connectivity index (χ3n) is 3.05. The van der Waals surface area contributed by atoms with Gasteiger partial charge in [0.15, 0.2) is 5.82 Å². The third-order valence-corrected chi connectivity index (χ3v) is 3.91. The van der Waals surface area contributed by atoms with E-state index in [1.165, 1.54) is 0 Å². The largest absolute Gasteiger partial charge is 0.385 e. The molecule has 0 unspecified atom stereocenters. The van der Waals surface area contributed by atoms with Gasteiger partial charge in [-0.1, -0.05) is 24.3 Å². The van der Waals surface area contributed by atoms with Crippen molar-refractivity contribution in [2.75, 3.05) is 11.9 Å². The first-order chi connectivity index (χ1) is 9.83. The zero-order chi connectivity index (χ0) is 13.8. The highest BCUT2D eigenvalue weighted by atomic mass is 32.1. The molecule has 20 heavy (non-hydrogen) atoms. The molecule has 2 aromatic heterocycles. The zero-order valence-corrected chi connectivity index (χ0v) is 12.1. The zero-order valence-electron chi connectivity index (χ0n) is 11.3. The fourth-order valence-electron chi connectivity index (χ4n) is 2.02. The monoisotopic (exact) mass is 284 g/mol.